The van der Waals surface area contributed by atoms with Crippen LogP contribution in [0.15, 0.2) is 0 Å². The molecule has 0 fully saturated rings. The lowest BCUT2D eigenvalue weighted by atomic mass is 10.0. The Bertz CT molecular complexity index is 162. The first kappa shape index (κ1) is 16.3. The minimum absolute atomic E-state index is 0.638. The molecular formula is C13H30N2S. The zero-order valence-corrected chi connectivity index (χ0v) is 12.6. The van der Waals surface area contributed by atoms with Crippen molar-refractivity contribution in [3.8, 4) is 0 Å². The van der Waals surface area contributed by atoms with E-state index in [9.17, 15) is 0 Å². The van der Waals surface area contributed by atoms with Crippen molar-refractivity contribution >= 4 is 12.6 Å². The highest BCUT2D eigenvalue weighted by Crippen LogP contribution is 2.12. The third-order valence-electron chi connectivity index (χ3n) is 3.11. The molecule has 2 atom stereocenters. The molecule has 0 aromatic rings. The largest absolute Gasteiger partial charge is 0.308 e. The van der Waals surface area contributed by atoms with Crippen molar-refractivity contribution in [3.05, 3.63) is 0 Å². The number of thiol groups is 1. The van der Waals surface area contributed by atoms with Crippen molar-refractivity contribution in [2.24, 2.45) is 5.92 Å². The molecule has 0 aliphatic carbocycles. The van der Waals surface area contributed by atoms with Crippen molar-refractivity contribution in [2.75, 3.05) is 39.5 Å². The third-order valence-corrected chi connectivity index (χ3v) is 3.62. The Morgan fingerprint density at radius 3 is 2.12 bits per heavy atom. The van der Waals surface area contributed by atoms with Crippen LogP contribution in [0.5, 0.6) is 0 Å². The first-order valence-corrected chi connectivity index (χ1v) is 7.17. The van der Waals surface area contributed by atoms with E-state index in [1.165, 1.54) is 19.4 Å². The fourth-order valence-corrected chi connectivity index (χ4v) is 2.54. The number of likely N-dealkylation sites (N-methyl/N-ethyl adjacent to an activating group) is 2. The molecule has 0 aliphatic rings. The van der Waals surface area contributed by atoms with Gasteiger partial charge in [-0.3, -0.25) is 4.90 Å². The van der Waals surface area contributed by atoms with Gasteiger partial charge < -0.3 is 4.90 Å². The minimum atomic E-state index is 0.638. The second-order valence-electron chi connectivity index (χ2n) is 5.04. The van der Waals surface area contributed by atoms with Crippen LogP contribution in [0.4, 0.5) is 0 Å². The van der Waals surface area contributed by atoms with Gasteiger partial charge in [-0.15, -0.1) is 0 Å². The highest BCUT2D eigenvalue weighted by Gasteiger charge is 2.16. The van der Waals surface area contributed by atoms with Crippen molar-refractivity contribution < 1.29 is 0 Å². The smallest absolute Gasteiger partial charge is 0.0194 e. The first-order chi connectivity index (χ1) is 7.54. The van der Waals surface area contributed by atoms with Crippen LogP contribution in [0.25, 0.3) is 0 Å². The summed E-state index contributed by atoms with van der Waals surface area (Å²) >= 11 is 4.46. The fourth-order valence-electron chi connectivity index (χ4n) is 2.24. The molecule has 0 saturated heterocycles. The standard InChI is InChI=1S/C13H30N2S/c1-6-8-13(11-16)10-15(7-2)12(3)9-14(4)5/h12-13,16H,6-11H2,1-5H3. The number of rotatable bonds is 9. The van der Waals surface area contributed by atoms with Gasteiger partial charge in [-0.25, -0.2) is 0 Å². The summed E-state index contributed by atoms with van der Waals surface area (Å²) in [5.74, 6) is 1.76. The number of hydrogen-bond donors (Lipinski definition) is 1. The van der Waals surface area contributed by atoms with E-state index in [2.05, 4.69) is 57.3 Å². The average Bonchev–Trinajstić information content (AvgIpc) is 2.22. The first-order valence-electron chi connectivity index (χ1n) is 6.54. The zero-order chi connectivity index (χ0) is 12.6. The van der Waals surface area contributed by atoms with E-state index < -0.39 is 0 Å². The summed E-state index contributed by atoms with van der Waals surface area (Å²) in [6, 6.07) is 0.638. The zero-order valence-electron chi connectivity index (χ0n) is 11.7. The van der Waals surface area contributed by atoms with Crippen LogP contribution in [-0.2, 0) is 0 Å². The van der Waals surface area contributed by atoms with Gasteiger partial charge >= 0.3 is 0 Å². The van der Waals surface area contributed by atoms with Crippen molar-refractivity contribution in [1.29, 1.82) is 0 Å². The molecule has 0 heterocycles. The lowest BCUT2D eigenvalue weighted by Gasteiger charge is -2.32. The molecule has 0 spiro atoms. The lowest BCUT2D eigenvalue weighted by molar-refractivity contribution is 0.159. The molecule has 0 saturated carbocycles. The Balaban J connectivity index is 4.14. The van der Waals surface area contributed by atoms with Gasteiger partial charge in [-0.05, 0) is 45.7 Å². The van der Waals surface area contributed by atoms with Gasteiger partial charge in [0.05, 0.1) is 0 Å². The molecule has 16 heavy (non-hydrogen) atoms. The number of hydrogen-bond acceptors (Lipinski definition) is 3. The molecule has 3 heteroatoms. The van der Waals surface area contributed by atoms with Crippen LogP contribution < -0.4 is 0 Å². The summed E-state index contributed by atoms with van der Waals surface area (Å²) < 4.78 is 0. The van der Waals surface area contributed by atoms with E-state index in [1.807, 2.05) is 0 Å². The Morgan fingerprint density at radius 1 is 1.12 bits per heavy atom. The topological polar surface area (TPSA) is 6.48 Å². The van der Waals surface area contributed by atoms with Crippen LogP contribution in [0, 0.1) is 5.92 Å². The fraction of sp³-hybridized carbons (Fsp3) is 1.00. The normalized spacial score (nSPS) is 15.8. The van der Waals surface area contributed by atoms with Crippen LogP contribution in [0.2, 0.25) is 0 Å². The monoisotopic (exact) mass is 246 g/mol. The SMILES string of the molecule is CCCC(CS)CN(CC)C(C)CN(C)C. The van der Waals surface area contributed by atoms with Crippen LogP contribution >= 0.6 is 12.6 Å². The Morgan fingerprint density at radius 2 is 1.75 bits per heavy atom. The maximum Gasteiger partial charge on any atom is 0.0194 e. The van der Waals surface area contributed by atoms with Crippen LogP contribution in [0.3, 0.4) is 0 Å². The maximum atomic E-state index is 4.46. The molecule has 2 nitrogen and oxygen atoms in total. The van der Waals surface area contributed by atoms with Crippen molar-refractivity contribution in [2.45, 2.75) is 39.7 Å². The molecule has 0 rings (SSSR count). The molecule has 0 radical (unpaired) electrons. The highest BCUT2D eigenvalue weighted by molar-refractivity contribution is 7.80. The summed E-state index contributed by atoms with van der Waals surface area (Å²) in [7, 11) is 4.29. The number of nitrogens with zero attached hydrogens (tertiary/aromatic N) is 2. The van der Waals surface area contributed by atoms with Gasteiger partial charge in [0.15, 0.2) is 0 Å². The molecule has 0 amide bonds. The third kappa shape index (κ3) is 6.77. The van der Waals surface area contributed by atoms with Gasteiger partial charge in [0.1, 0.15) is 0 Å². The molecule has 0 bridgehead atoms. The second-order valence-corrected chi connectivity index (χ2v) is 5.40. The van der Waals surface area contributed by atoms with Gasteiger partial charge in [-0.1, -0.05) is 20.3 Å². The van der Waals surface area contributed by atoms with E-state index in [-0.39, 0.29) is 0 Å². The summed E-state index contributed by atoms with van der Waals surface area (Å²) in [6.45, 7) is 10.3. The van der Waals surface area contributed by atoms with Gasteiger partial charge in [0, 0.05) is 19.1 Å². The maximum absolute atomic E-state index is 4.46. The Kier molecular flexibility index (Phi) is 9.47. The van der Waals surface area contributed by atoms with E-state index >= 15 is 0 Å². The Labute approximate surface area is 108 Å². The lowest BCUT2D eigenvalue weighted by Crippen LogP contribution is -2.42. The molecule has 2 unspecified atom stereocenters. The van der Waals surface area contributed by atoms with Gasteiger partial charge in [0.25, 0.3) is 0 Å². The van der Waals surface area contributed by atoms with Gasteiger partial charge in [0.2, 0.25) is 0 Å². The Hall–Kier alpha value is 0.270. The van der Waals surface area contributed by atoms with Crippen molar-refractivity contribution in [3.63, 3.8) is 0 Å². The molecule has 0 aromatic carbocycles. The molecule has 98 valence electrons. The van der Waals surface area contributed by atoms with Crippen LogP contribution in [-0.4, -0.2) is 55.3 Å². The predicted octanol–water partition coefficient (Wildman–Crippen LogP) is 2.60. The molecule has 0 aromatic heterocycles. The van der Waals surface area contributed by atoms with Crippen molar-refractivity contribution in [1.82, 2.24) is 9.80 Å². The highest BCUT2D eigenvalue weighted by atomic mass is 32.1. The van der Waals surface area contributed by atoms with E-state index in [0.717, 1.165) is 24.8 Å². The minimum Gasteiger partial charge on any atom is -0.308 e. The molecule has 0 N–H and O–H groups in total. The predicted molar refractivity (Wildman–Crippen MR) is 77.5 cm³/mol. The summed E-state index contributed by atoms with van der Waals surface area (Å²) in [5.41, 5.74) is 0. The van der Waals surface area contributed by atoms with Gasteiger partial charge in [-0.2, -0.15) is 12.6 Å². The van der Waals surface area contributed by atoms with Crippen LogP contribution in [0.1, 0.15) is 33.6 Å². The summed E-state index contributed by atoms with van der Waals surface area (Å²) in [4.78, 5) is 4.85. The van der Waals surface area contributed by atoms with E-state index in [1.54, 1.807) is 0 Å². The molecular weight excluding hydrogens is 216 g/mol. The summed E-state index contributed by atoms with van der Waals surface area (Å²) in [5, 5.41) is 0. The summed E-state index contributed by atoms with van der Waals surface area (Å²) in [6.07, 6.45) is 2.57. The second kappa shape index (κ2) is 9.32. The quantitative estimate of drug-likeness (QED) is 0.625. The van der Waals surface area contributed by atoms with E-state index in [4.69, 9.17) is 0 Å². The average molecular weight is 246 g/mol. The molecule has 0 aliphatic heterocycles. The van der Waals surface area contributed by atoms with E-state index in [0.29, 0.717) is 6.04 Å².